The molecule has 0 spiro atoms. The van der Waals surface area contributed by atoms with Crippen molar-refractivity contribution in [3.8, 4) is 5.75 Å². The van der Waals surface area contributed by atoms with Crippen LogP contribution < -0.4 is 10.1 Å². The summed E-state index contributed by atoms with van der Waals surface area (Å²) in [5.41, 5.74) is -1.22. The largest absolute Gasteiger partial charge is 0.491 e. The first-order valence-corrected chi connectivity index (χ1v) is 10.4. The number of carbonyl (C=O) groups excluding carboxylic acids is 1. The summed E-state index contributed by atoms with van der Waals surface area (Å²) in [7, 11) is -3.69. The Bertz CT molecular complexity index is 991. The van der Waals surface area contributed by atoms with Gasteiger partial charge in [0.2, 0.25) is 0 Å². The number of alkyl halides is 3. The van der Waals surface area contributed by atoms with Gasteiger partial charge in [-0.15, -0.1) is 0 Å². The number of hydrogen-bond acceptors (Lipinski definition) is 4. The second kappa shape index (κ2) is 8.40. The third-order valence-corrected chi connectivity index (χ3v) is 5.19. The molecular weight excluding hydrogens is 419 g/mol. The molecule has 10 heteroatoms. The molecule has 0 unspecified atom stereocenters. The van der Waals surface area contributed by atoms with Gasteiger partial charge < -0.3 is 10.1 Å². The molecule has 0 heterocycles. The van der Waals surface area contributed by atoms with E-state index in [4.69, 9.17) is 16.3 Å². The number of hydrogen-bond donors (Lipinski definition) is 1. The quantitative estimate of drug-likeness (QED) is 0.707. The number of ether oxygens (including phenoxy) is 1. The molecular formula is C18H17ClF3NO4S. The zero-order valence-electron chi connectivity index (χ0n) is 14.9. The summed E-state index contributed by atoms with van der Waals surface area (Å²) in [5, 5.41) is 2.28. The van der Waals surface area contributed by atoms with Gasteiger partial charge in [-0.05, 0) is 42.8 Å². The first-order chi connectivity index (χ1) is 12.9. The topological polar surface area (TPSA) is 72.5 Å². The first-order valence-electron chi connectivity index (χ1n) is 8.08. The van der Waals surface area contributed by atoms with E-state index in [0.717, 1.165) is 30.5 Å². The SMILES string of the molecule is CCCOc1ccc(C(F)(F)F)cc1NC(=O)c1ccc(Cl)c(S(C)(=O)=O)c1. The van der Waals surface area contributed by atoms with E-state index in [2.05, 4.69) is 5.32 Å². The van der Waals surface area contributed by atoms with E-state index >= 15 is 0 Å². The maximum atomic E-state index is 13.0. The van der Waals surface area contributed by atoms with E-state index in [1.165, 1.54) is 12.1 Å². The average Bonchev–Trinajstić information content (AvgIpc) is 2.59. The lowest BCUT2D eigenvalue weighted by Gasteiger charge is -2.15. The van der Waals surface area contributed by atoms with Gasteiger partial charge in [-0.25, -0.2) is 8.42 Å². The zero-order valence-corrected chi connectivity index (χ0v) is 16.5. The van der Waals surface area contributed by atoms with Crippen molar-refractivity contribution in [1.82, 2.24) is 0 Å². The highest BCUT2D eigenvalue weighted by Gasteiger charge is 2.31. The highest BCUT2D eigenvalue weighted by molar-refractivity contribution is 7.90. The molecule has 0 saturated heterocycles. The Balaban J connectivity index is 2.42. The smallest absolute Gasteiger partial charge is 0.416 e. The van der Waals surface area contributed by atoms with Gasteiger partial charge >= 0.3 is 6.18 Å². The highest BCUT2D eigenvalue weighted by Crippen LogP contribution is 2.35. The van der Waals surface area contributed by atoms with Crippen LogP contribution in [0.25, 0.3) is 0 Å². The summed E-state index contributed by atoms with van der Waals surface area (Å²) in [5.74, 6) is -0.734. The molecule has 0 aromatic heterocycles. The molecule has 28 heavy (non-hydrogen) atoms. The Hall–Kier alpha value is -2.26. The van der Waals surface area contributed by atoms with Crippen LogP contribution in [0.4, 0.5) is 18.9 Å². The fourth-order valence-corrected chi connectivity index (χ4v) is 3.57. The maximum Gasteiger partial charge on any atom is 0.416 e. The summed E-state index contributed by atoms with van der Waals surface area (Å²) in [6, 6.07) is 6.30. The highest BCUT2D eigenvalue weighted by atomic mass is 35.5. The van der Waals surface area contributed by atoms with E-state index in [1.807, 2.05) is 6.92 Å². The van der Waals surface area contributed by atoms with E-state index < -0.39 is 27.5 Å². The van der Waals surface area contributed by atoms with Crippen molar-refractivity contribution in [2.24, 2.45) is 0 Å². The number of anilines is 1. The van der Waals surface area contributed by atoms with Crippen molar-refractivity contribution in [2.75, 3.05) is 18.2 Å². The van der Waals surface area contributed by atoms with E-state index in [-0.39, 0.29) is 33.5 Å². The van der Waals surface area contributed by atoms with E-state index in [1.54, 1.807) is 0 Å². The van der Waals surface area contributed by atoms with Crippen LogP contribution in [0.15, 0.2) is 41.3 Å². The van der Waals surface area contributed by atoms with Crippen LogP contribution >= 0.6 is 11.6 Å². The monoisotopic (exact) mass is 435 g/mol. The molecule has 2 rings (SSSR count). The molecule has 0 bridgehead atoms. The molecule has 152 valence electrons. The van der Waals surface area contributed by atoms with Gasteiger partial charge in [-0.2, -0.15) is 13.2 Å². The lowest BCUT2D eigenvalue weighted by atomic mass is 10.1. The summed E-state index contributed by atoms with van der Waals surface area (Å²) in [6.45, 7) is 2.07. The van der Waals surface area contributed by atoms with Crippen LogP contribution in [0.1, 0.15) is 29.3 Å². The number of carbonyl (C=O) groups is 1. The number of benzene rings is 2. The molecule has 0 fully saturated rings. The second-order valence-electron chi connectivity index (χ2n) is 5.93. The molecule has 2 aromatic rings. The Kier molecular flexibility index (Phi) is 6.61. The van der Waals surface area contributed by atoms with Crippen molar-refractivity contribution in [2.45, 2.75) is 24.4 Å². The van der Waals surface area contributed by atoms with Crippen molar-refractivity contribution < 1.29 is 31.1 Å². The fourth-order valence-electron chi connectivity index (χ4n) is 2.27. The molecule has 5 nitrogen and oxygen atoms in total. The molecule has 0 aliphatic rings. The third-order valence-electron chi connectivity index (χ3n) is 3.61. The van der Waals surface area contributed by atoms with Crippen molar-refractivity contribution in [1.29, 1.82) is 0 Å². The van der Waals surface area contributed by atoms with Gasteiger partial charge in [0.15, 0.2) is 9.84 Å². The van der Waals surface area contributed by atoms with Crippen LogP contribution in [-0.2, 0) is 16.0 Å². The van der Waals surface area contributed by atoms with Gasteiger partial charge in [-0.1, -0.05) is 18.5 Å². The minimum Gasteiger partial charge on any atom is -0.491 e. The molecule has 2 aromatic carbocycles. The molecule has 0 aliphatic carbocycles. The Labute approximate surface area is 165 Å². The number of nitrogens with one attached hydrogen (secondary N) is 1. The first kappa shape index (κ1) is 22.0. The zero-order chi connectivity index (χ0) is 21.1. The molecule has 0 saturated carbocycles. The summed E-state index contributed by atoms with van der Waals surface area (Å²) in [6.07, 6.45) is -3.06. The minimum atomic E-state index is -4.60. The van der Waals surface area contributed by atoms with E-state index in [0.29, 0.717) is 6.42 Å². The van der Waals surface area contributed by atoms with Crippen molar-refractivity contribution in [3.63, 3.8) is 0 Å². The van der Waals surface area contributed by atoms with Gasteiger partial charge in [0, 0.05) is 11.8 Å². The summed E-state index contributed by atoms with van der Waals surface area (Å²) >= 11 is 5.84. The van der Waals surface area contributed by atoms with Crippen LogP contribution in [0.5, 0.6) is 5.75 Å². The lowest BCUT2D eigenvalue weighted by molar-refractivity contribution is -0.137. The number of rotatable bonds is 6. The predicted octanol–water partition coefficient (Wildman–Crippen LogP) is 4.80. The number of sulfone groups is 1. The van der Waals surface area contributed by atoms with E-state index in [9.17, 15) is 26.4 Å². The Morgan fingerprint density at radius 3 is 2.43 bits per heavy atom. The van der Waals surface area contributed by atoms with Crippen molar-refractivity contribution in [3.05, 3.63) is 52.5 Å². The lowest BCUT2D eigenvalue weighted by Crippen LogP contribution is -2.15. The third kappa shape index (κ3) is 5.39. The van der Waals surface area contributed by atoms with Gasteiger partial charge in [0.1, 0.15) is 5.75 Å². The van der Waals surface area contributed by atoms with Crippen LogP contribution in [-0.4, -0.2) is 27.2 Å². The Morgan fingerprint density at radius 2 is 1.86 bits per heavy atom. The Morgan fingerprint density at radius 1 is 1.18 bits per heavy atom. The summed E-state index contributed by atoms with van der Waals surface area (Å²) in [4.78, 5) is 12.2. The van der Waals surface area contributed by atoms with Crippen LogP contribution in [0.2, 0.25) is 5.02 Å². The predicted molar refractivity (Wildman–Crippen MR) is 99.7 cm³/mol. The van der Waals surface area contributed by atoms with Crippen molar-refractivity contribution >= 4 is 33.0 Å². The fraction of sp³-hybridized carbons (Fsp3) is 0.278. The number of halogens is 4. The van der Waals surface area contributed by atoms with Crippen LogP contribution in [0.3, 0.4) is 0 Å². The minimum absolute atomic E-state index is 0.0647. The molecule has 0 atom stereocenters. The van der Waals surface area contributed by atoms with Crippen LogP contribution in [0, 0.1) is 0 Å². The molecule has 0 radical (unpaired) electrons. The van der Waals surface area contributed by atoms with Gasteiger partial charge in [0.25, 0.3) is 5.91 Å². The molecule has 1 N–H and O–H groups in total. The molecule has 0 aliphatic heterocycles. The standard InChI is InChI=1S/C18H17ClF3NO4S/c1-3-8-27-15-7-5-12(18(20,21)22)10-14(15)23-17(24)11-4-6-13(19)16(9-11)28(2,25)26/h4-7,9-10H,3,8H2,1-2H3,(H,23,24). The van der Waals surface area contributed by atoms with Gasteiger partial charge in [0.05, 0.1) is 27.8 Å². The normalized spacial score (nSPS) is 11.9. The maximum absolute atomic E-state index is 13.0. The number of amides is 1. The summed E-state index contributed by atoms with van der Waals surface area (Å²) < 4.78 is 67.9. The average molecular weight is 436 g/mol. The molecule has 1 amide bonds. The second-order valence-corrected chi connectivity index (χ2v) is 8.32. The van der Waals surface area contributed by atoms with Gasteiger partial charge in [-0.3, -0.25) is 4.79 Å².